The highest BCUT2D eigenvalue weighted by Crippen LogP contribution is 2.31. The number of fused-ring (bicyclic) bond motifs is 1. The summed E-state index contributed by atoms with van der Waals surface area (Å²) in [5, 5.41) is 0. The quantitative estimate of drug-likeness (QED) is 0.538. The van der Waals surface area contributed by atoms with Crippen LogP contribution in [0.4, 0.5) is 0 Å². The Hall–Kier alpha value is -1.31. The zero-order valence-electron chi connectivity index (χ0n) is 7.24. The van der Waals surface area contributed by atoms with Crippen molar-refractivity contribution in [3.63, 3.8) is 0 Å². The number of hydrogen-bond donors (Lipinski definition) is 0. The van der Waals surface area contributed by atoms with E-state index in [1.54, 1.807) is 6.08 Å². The van der Waals surface area contributed by atoms with Crippen LogP contribution in [0.1, 0.15) is 13.8 Å². The summed E-state index contributed by atoms with van der Waals surface area (Å²) in [5.41, 5.74) is 0.601. The molecule has 0 saturated carbocycles. The molecule has 2 heteroatoms. The van der Waals surface area contributed by atoms with Gasteiger partial charge < -0.3 is 4.90 Å². The molecule has 2 aliphatic heterocycles. The molecule has 2 aliphatic rings. The second-order valence-electron chi connectivity index (χ2n) is 3.56. The molecule has 0 amide bonds. The lowest BCUT2D eigenvalue weighted by molar-refractivity contribution is -0.120. The van der Waals surface area contributed by atoms with Gasteiger partial charge in [-0.3, -0.25) is 4.79 Å². The Morgan fingerprint density at radius 2 is 2.08 bits per heavy atom. The average molecular weight is 161 g/mol. The zero-order chi connectivity index (χ0) is 8.77. The third kappa shape index (κ3) is 0.779. The zero-order valence-corrected chi connectivity index (χ0v) is 7.24. The standard InChI is InChI=1S/C10H11NO/c1-10(2)9(12)7-8-5-3-4-6-11(8)10/h3-7H,1-2H3. The Bertz CT molecular complexity index is 321. The van der Waals surface area contributed by atoms with E-state index in [1.165, 1.54) is 0 Å². The Kier molecular flexibility index (Phi) is 1.28. The van der Waals surface area contributed by atoms with Crippen LogP contribution in [0.25, 0.3) is 0 Å². The van der Waals surface area contributed by atoms with Crippen molar-refractivity contribution in [2.24, 2.45) is 0 Å². The highest BCUT2D eigenvalue weighted by molar-refractivity contribution is 6.01. The largest absolute Gasteiger partial charge is 0.335 e. The molecule has 2 rings (SSSR count). The first-order valence-corrected chi connectivity index (χ1v) is 4.03. The van der Waals surface area contributed by atoms with Crippen LogP contribution in [0.2, 0.25) is 0 Å². The van der Waals surface area contributed by atoms with Gasteiger partial charge in [0.1, 0.15) is 5.54 Å². The van der Waals surface area contributed by atoms with Crippen molar-refractivity contribution in [2.45, 2.75) is 19.4 Å². The monoisotopic (exact) mass is 161 g/mol. The lowest BCUT2D eigenvalue weighted by atomic mass is 10.0. The third-order valence-corrected chi connectivity index (χ3v) is 2.38. The van der Waals surface area contributed by atoms with Crippen LogP contribution in [-0.2, 0) is 4.79 Å². The summed E-state index contributed by atoms with van der Waals surface area (Å²) in [7, 11) is 0. The molecule has 0 spiro atoms. The van der Waals surface area contributed by atoms with E-state index in [4.69, 9.17) is 0 Å². The molecule has 62 valence electrons. The fourth-order valence-corrected chi connectivity index (χ4v) is 1.51. The molecule has 0 unspecified atom stereocenters. The first-order valence-electron chi connectivity index (χ1n) is 4.03. The SMILES string of the molecule is CC1(C)C(=O)C=C2C=CC=CN21. The summed E-state index contributed by atoms with van der Waals surface area (Å²) in [6.07, 6.45) is 9.47. The first kappa shape index (κ1) is 7.35. The van der Waals surface area contributed by atoms with Gasteiger partial charge in [-0.2, -0.15) is 0 Å². The lowest BCUT2D eigenvalue weighted by Gasteiger charge is -2.31. The molecule has 0 aliphatic carbocycles. The highest BCUT2D eigenvalue weighted by atomic mass is 16.1. The minimum Gasteiger partial charge on any atom is -0.335 e. The third-order valence-electron chi connectivity index (χ3n) is 2.38. The molecule has 0 radical (unpaired) electrons. The second-order valence-corrected chi connectivity index (χ2v) is 3.56. The molecule has 0 bridgehead atoms. The number of hydrogen-bond acceptors (Lipinski definition) is 2. The van der Waals surface area contributed by atoms with Crippen molar-refractivity contribution in [2.75, 3.05) is 0 Å². The summed E-state index contributed by atoms with van der Waals surface area (Å²) in [4.78, 5) is 13.5. The number of rotatable bonds is 0. The first-order chi connectivity index (χ1) is 5.62. The predicted octanol–water partition coefficient (Wildman–Crippen LogP) is 1.62. The summed E-state index contributed by atoms with van der Waals surface area (Å²) in [6.45, 7) is 3.87. The number of nitrogens with zero attached hydrogens (tertiary/aromatic N) is 1. The van der Waals surface area contributed by atoms with Crippen LogP contribution in [0, 0.1) is 0 Å². The van der Waals surface area contributed by atoms with E-state index in [-0.39, 0.29) is 5.78 Å². The van der Waals surface area contributed by atoms with Crippen molar-refractivity contribution in [3.8, 4) is 0 Å². The molecule has 0 aromatic rings. The molecule has 0 N–H and O–H groups in total. The van der Waals surface area contributed by atoms with Crippen LogP contribution in [-0.4, -0.2) is 16.2 Å². The van der Waals surface area contributed by atoms with Crippen LogP contribution >= 0.6 is 0 Å². The minimum absolute atomic E-state index is 0.175. The van der Waals surface area contributed by atoms with Crippen molar-refractivity contribution in [3.05, 3.63) is 36.2 Å². The van der Waals surface area contributed by atoms with Crippen molar-refractivity contribution < 1.29 is 4.79 Å². The molecule has 0 fully saturated rings. The minimum atomic E-state index is -0.392. The van der Waals surface area contributed by atoms with Gasteiger partial charge in [-0.05, 0) is 26.0 Å². The number of carbonyl (C=O) groups is 1. The molecule has 0 atom stereocenters. The number of allylic oxidation sites excluding steroid dienone is 3. The van der Waals surface area contributed by atoms with Gasteiger partial charge in [0.05, 0.1) is 0 Å². The molecule has 0 saturated heterocycles. The van der Waals surface area contributed by atoms with E-state index < -0.39 is 5.54 Å². The smallest absolute Gasteiger partial charge is 0.183 e. The Labute approximate surface area is 71.9 Å². The van der Waals surface area contributed by atoms with Gasteiger partial charge in [-0.25, -0.2) is 0 Å². The normalized spacial score (nSPS) is 24.3. The van der Waals surface area contributed by atoms with E-state index in [0.717, 1.165) is 5.70 Å². The fraction of sp³-hybridized carbons (Fsp3) is 0.300. The maximum absolute atomic E-state index is 11.5. The van der Waals surface area contributed by atoms with Crippen molar-refractivity contribution in [1.82, 2.24) is 4.90 Å². The van der Waals surface area contributed by atoms with Crippen LogP contribution in [0.5, 0.6) is 0 Å². The summed E-state index contributed by atoms with van der Waals surface area (Å²) in [5.74, 6) is 0.175. The Balaban J connectivity index is 2.47. The maximum atomic E-state index is 11.5. The highest BCUT2D eigenvalue weighted by Gasteiger charge is 2.38. The van der Waals surface area contributed by atoms with E-state index >= 15 is 0 Å². The van der Waals surface area contributed by atoms with Crippen molar-refractivity contribution >= 4 is 5.78 Å². The molecule has 2 nitrogen and oxygen atoms in total. The van der Waals surface area contributed by atoms with Gasteiger partial charge in [-0.15, -0.1) is 0 Å². The van der Waals surface area contributed by atoms with E-state index in [0.29, 0.717) is 0 Å². The summed E-state index contributed by atoms with van der Waals surface area (Å²) >= 11 is 0. The molecular weight excluding hydrogens is 150 g/mol. The van der Waals surface area contributed by atoms with E-state index in [1.807, 2.05) is 43.2 Å². The van der Waals surface area contributed by atoms with Crippen LogP contribution in [0.3, 0.4) is 0 Å². The van der Waals surface area contributed by atoms with Gasteiger partial charge in [0.25, 0.3) is 0 Å². The summed E-state index contributed by atoms with van der Waals surface area (Å²) < 4.78 is 0. The van der Waals surface area contributed by atoms with Gasteiger partial charge in [0.2, 0.25) is 0 Å². The lowest BCUT2D eigenvalue weighted by Crippen LogP contribution is -2.40. The van der Waals surface area contributed by atoms with E-state index in [2.05, 4.69) is 0 Å². The van der Waals surface area contributed by atoms with Crippen LogP contribution in [0.15, 0.2) is 36.2 Å². The van der Waals surface area contributed by atoms with Gasteiger partial charge in [0, 0.05) is 18.0 Å². The topological polar surface area (TPSA) is 20.3 Å². The van der Waals surface area contributed by atoms with Gasteiger partial charge >= 0.3 is 0 Å². The second kappa shape index (κ2) is 2.09. The van der Waals surface area contributed by atoms with Crippen LogP contribution < -0.4 is 0 Å². The number of carbonyl (C=O) groups excluding carboxylic acids is 1. The maximum Gasteiger partial charge on any atom is 0.183 e. The molecule has 2 heterocycles. The fourth-order valence-electron chi connectivity index (χ4n) is 1.51. The number of ketones is 1. The molecule has 0 aromatic carbocycles. The van der Waals surface area contributed by atoms with Gasteiger partial charge in [-0.1, -0.05) is 6.08 Å². The Morgan fingerprint density at radius 1 is 1.33 bits per heavy atom. The molecule has 0 aromatic heterocycles. The Morgan fingerprint density at radius 3 is 2.75 bits per heavy atom. The molecular formula is C10H11NO. The van der Waals surface area contributed by atoms with E-state index in [9.17, 15) is 4.79 Å². The molecule has 12 heavy (non-hydrogen) atoms. The predicted molar refractivity (Wildman–Crippen MR) is 47.3 cm³/mol. The summed E-state index contributed by atoms with van der Waals surface area (Å²) in [6, 6.07) is 0. The van der Waals surface area contributed by atoms with Crippen molar-refractivity contribution in [1.29, 1.82) is 0 Å². The van der Waals surface area contributed by atoms with Gasteiger partial charge in [0.15, 0.2) is 5.78 Å². The average Bonchev–Trinajstić information content (AvgIpc) is 2.25.